The van der Waals surface area contributed by atoms with Crippen molar-refractivity contribution >= 4 is 16.5 Å². The molecule has 0 aromatic heterocycles. The van der Waals surface area contributed by atoms with Gasteiger partial charge in [-0.1, -0.05) is 50.2 Å². The van der Waals surface area contributed by atoms with Gasteiger partial charge in [-0.25, -0.2) is 0 Å². The van der Waals surface area contributed by atoms with E-state index in [9.17, 15) is 0 Å². The standard InChI is InChI=1S/C18H24N2/c1-3-15-13-20(16(4-2)12-19-15)18-11-7-9-14-8-5-6-10-17(14)18/h5-11,15-16,19H,3-4,12-13H2,1-2H3. The number of nitrogens with zero attached hydrogens (tertiary/aromatic N) is 1. The maximum Gasteiger partial charge on any atom is 0.0449 e. The molecule has 0 bridgehead atoms. The van der Waals surface area contributed by atoms with E-state index in [4.69, 9.17) is 0 Å². The Morgan fingerprint density at radius 1 is 1.05 bits per heavy atom. The molecule has 2 nitrogen and oxygen atoms in total. The Kier molecular flexibility index (Phi) is 3.93. The fourth-order valence-corrected chi connectivity index (χ4v) is 3.26. The van der Waals surface area contributed by atoms with Crippen molar-refractivity contribution in [2.75, 3.05) is 18.0 Å². The Morgan fingerprint density at radius 2 is 1.85 bits per heavy atom. The van der Waals surface area contributed by atoms with Crippen LogP contribution in [0.4, 0.5) is 5.69 Å². The van der Waals surface area contributed by atoms with Crippen molar-refractivity contribution in [2.45, 2.75) is 38.8 Å². The molecule has 1 aliphatic rings. The lowest BCUT2D eigenvalue weighted by Gasteiger charge is -2.42. The van der Waals surface area contributed by atoms with Crippen LogP contribution < -0.4 is 10.2 Å². The Hall–Kier alpha value is -1.54. The smallest absolute Gasteiger partial charge is 0.0449 e. The summed E-state index contributed by atoms with van der Waals surface area (Å²) >= 11 is 0. The van der Waals surface area contributed by atoms with Gasteiger partial charge in [0.05, 0.1) is 0 Å². The summed E-state index contributed by atoms with van der Waals surface area (Å²) in [6.07, 6.45) is 2.38. The molecule has 20 heavy (non-hydrogen) atoms. The monoisotopic (exact) mass is 268 g/mol. The molecule has 2 aromatic rings. The molecule has 0 saturated carbocycles. The number of hydrogen-bond donors (Lipinski definition) is 1. The molecule has 106 valence electrons. The molecule has 0 aliphatic carbocycles. The first kappa shape index (κ1) is 13.4. The highest BCUT2D eigenvalue weighted by atomic mass is 15.2. The fraction of sp³-hybridized carbons (Fsp3) is 0.444. The first-order valence-corrected chi connectivity index (χ1v) is 7.81. The van der Waals surface area contributed by atoms with E-state index in [1.54, 1.807) is 0 Å². The van der Waals surface area contributed by atoms with E-state index < -0.39 is 0 Å². The second-order valence-electron chi connectivity index (χ2n) is 5.73. The first-order valence-electron chi connectivity index (χ1n) is 7.81. The summed E-state index contributed by atoms with van der Waals surface area (Å²) < 4.78 is 0. The topological polar surface area (TPSA) is 15.3 Å². The van der Waals surface area contributed by atoms with E-state index >= 15 is 0 Å². The highest BCUT2D eigenvalue weighted by Crippen LogP contribution is 2.30. The van der Waals surface area contributed by atoms with Crippen LogP contribution in [0, 0.1) is 0 Å². The van der Waals surface area contributed by atoms with Gasteiger partial charge in [0.15, 0.2) is 0 Å². The third-order valence-electron chi connectivity index (χ3n) is 4.54. The van der Waals surface area contributed by atoms with Gasteiger partial charge in [0.25, 0.3) is 0 Å². The molecule has 0 radical (unpaired) electrons. The Balaban J connectivity index is 2.03. The van der Waals surface area contributed by atoms with Crippen LogP contribution in [0.15, 0.2) is 42.5 Å². The molecule has 1 N–H and O–H groups in total. The van der Waals surface area contributed by atoms with Gasteiger partial charge >= 0.3 is 0 Å². The van der Waals surface area contributed by atoms with Crippen LogP contribution in [-0.4, -0.2) is 25.2 Å². The first-order chi connectivity index (χ1) is 9.83. The summed E-state index contributed by atoms with van der Waals surface area (Å²) in [5, 5.41) is 6.40. The van der Waals surface area contributed by atoms with E-state index in [0.29, 0.717) is 12.1 Å². The second kappa shape index (κ2) is 5.84. The summed E-state index contributed by atoms with van der Waals surface area (Å²) in [5.74, 6) is 0. The highest BCUT2D eigenvalue weighted by Gasteiger charge is 2.26. The van der Waals surface area contributed by atoms with Crippen LogP contribution in [-0.2, 0) is 0 Å². The predicted molar refractivity (Wildman–Crippen MR) is 87.5 cm³/mol. The van der Waals surface area contributed by atoms with E-state index in [0.717, 1.165) is 13.1 Å². The zero-order valence-corrected chi connectivity index (χ0v) is 12.5. The predicted octanol–water partition coefficient (Wildman–Crippen LogP) is 3.81. The normalized spacial score (nSPS) is 23.2. The third kappa shape index (κ3) is 2.40. The molecule has 1 heterocycles. The van der Waals surface area contributed by atoms with Gasteiger partial charge in [-0.05, 0) is 24.3 Å². The van der Waals surface area contributed by atoms with Gasteiger partial charge in [0.2, 0.25) is 0 Å². The Morgan fingerprint density at radius 3 is 2.65 bits per heavy atom. The Labute approximate surface area is 121 Å². The van der Waals surface area contributed by atoms with Crippen molar-refractivity contribution in [2.24, 2.45) is 0 Å². The molecule has 2 heteroatoms. The van der Waals surface area contributed by atoms with Crippen LogP contribution in [0.25, 0.3) is 10.8 Å². The molecule has 0 spiro atoms. The maximum atomic E-state index is 3.68. The minimum absolute atomic E-state index is 0.601. The van der Waals surface area contributed by atoms with Gasteiger partial charge < -0.3 is 10.2 Å². The number of benzene rings is 2. The van der Waals surface area contributed by atoms with E-state index in [-0.39, 0.29) is 0 Å². The number of fused-ring (bicyclic) bond motifs is 1. The molecule has 2 unspecified atom stereocenters. The lowest BCUT2D eigenvalue weighted by molar-refractivity contribution is 0.379. The lowest BCUT2D eigenvalue weighted by atomic mass is 10.0. The van der Waals surface area contributed by atoms with Gasteiger partial charge in [-0.3, -0.25) is 0 Å². The van der Waals surface area contributed by atoms with Crippen LogP contribution in [0.3, 0.4) is 0 Å². The summed E-state index contributed by atoms with van der Waals surface area (Å²) in [6, 6.07) is 16.6. The fourth-order valence-electron chi connectivity index (χ4n) is 3.26. The number of nitrogens with one attached hydrogen (secondary N) is 1. The molecule has 0 amide bonds. The van der Waals surface area contributed by atoms with Gasteiger partial charge in [0.1, 0.15) is 0 Å². The number of rotatable bonds is 3. The molecule has 3 rings (SSSR count). The molecule has 1 aliphatic heterocycles. The summed E-state index contributed by atoms with van der Waals surface area (Å²) in [4.78, 5) is 2.62. The molecule has 2 aromatic carbocycles. The second-order valence-corrected chi connectivity index (χ2v) is 5.73. The van der Waals surface area contributed by atoms with Crippen LogP contribution in [0.5, 0.6) is 0 Å². The summed E-state index contributed by atoms with van der Waals surface area (Å²) in [5.41, 5.74) is 1.40. The zero-order chi connectivity index (χ0) is 13.9. The van der Waals surface area contributed by atoms with E-state index in [1.807, 2.05) is 0 Å². The quantitative estimate of drug-likeness (QED) is 0.910. The van der Waals surface area contributed by atoms with Crippen molar-refractivity contribution in [1.29, 1.82) is 0 Å². The number of piperazine rings is 1. The van der Waals surface area contributed by atoms with Crippen molar-refractivity contribution in [3.63, 3.8) is 0 Å². The van der Waals surface area contributed by atoms with Crippen molar-refractivity contribution in [3.05, 3.63) is 42.5 Å². The van der Waals surface area contributed by atoms with Gasteiger partial charge in [-0.2, -0.15) is 0 Å². The largest absolute Gasteiger partial charge is 0.365 e. The minimum atomic E-state index is 0.601. The van der Waals surface area contributed by atoms with Gasteiger partial charge in [-0.15, -0.1) is 0 Å². The third-order valence-corrected chi connectivity index (χ3v) is 4.54. The van der Waals surface area contributed by atoms with E-state index in [1.165, 1.54) is 29.3 Å². The molecule has 1 fully saturated rings. The number of anilines is 1. The highest BCUT2D eigenvalue weighted by molar-refractivity contribution is 5.94. The van der Waals surface area contributed by atoms with Gasteiger partial charge in [0, 0.05) is 36.2 Å². The summed E-state index contributed by atoms with van der Waals surface area (Å²) in [7, 11) is 0. The van der Waals surface area contributed by atoms with Crippen molar-refractivity contribution in [3.8, 4) is 0 Å². The maximum absolute atomic E-state index is 3.68. The molecule has 1 saturated heterocycles. The SMILES string of the molecule is CCC1CN(c2cccc3ccccc23)C(CC)CN1. The van der Waals surface area contributed by atoms with Crippen molar-refractivity contribution < 1.29 is 0 Å². The molecule has 2 atom stereocenters. The van der Waals surface area contributed by atoms with E-state index in [2.05, 4.69) is 66.5 Å². The average molecular weight is 268 g/mol. The Bertz CT molecular complexity index is 573. The zero-order valence-electron chi connectivity index (χ0n) is 12.5. The summed E-state index contributed by atoms with van der Waals surface area (Å²) in [6.45, 7) is 6.77. The average Bonchev–Trinajstić information content (AvgIpc) is 2.53. The van der Waals surface area contributed by atoms with Crippen LogP contribution >= 0.6 is 0 Å². The lowest BCUT2D eigenvalue weighted by Crippen LogP contribution is -2.56. The molecular formula is C18H24N2. The number of hydrogen-bond acceptors (Lipinski definition) is 2. The molecular weight excluding hydrogens is 244 g/mol. The van der Waals surface area contributed by atoms with Crippen LogP contribution in [0.1, 0.15) is 26.7 Å². The minimum Gasteiger partial charge on any atom is -0.365 e. The van der Waals surface area contributed by atoms with Crippen molar-refractivity contribution in [1.82, 2.24) is 5.32 Å². The van der Waals surface area contributed by atoms with Crippen LogP contribution in [0.2, 0.25) is 0 Å².